The van der Waals surface area contributed by atoms with E-state index in [1.54, 1.807) is 32.9 Å². The van der Waals surface area contributed by atoms with E-state index in [2.05, 4.69) is 0 Å². The van der Waals surface area contributed by atoms with Crippen molar-refractivity contribution in [2.45, 2.75) is 38.1 Å². The van der Waals surface area contributed by atoms with Crippen LogP contribution in [0.5, 0.6) is 0 Å². The lowest BCUT2D eigenvalue weighted by atomic mass is 9.82. The summed E-state index contributed by atoms with van der Waals surface area (Å²) in [5.41, 5.74) is -4.74. The molecule has 2 aromatic rings. The first-order valence-corrected chi connectivity index (χ1v) is 9.48. The number of fused-ring (bicyclic) bond motifs is 5. The molecule has 28 heavy (non-hydrogen) atoms. The van der Waals surface area contributed by atoms with Crippen LogP contribution in [0.3, 0.4) is 0 Å². The predicted molar refractivity (Wildman–Crippen MR) is 103 cm³/mol. The van der Waals surface area contributed by atoms with Crippen LogP contribution >= 0.6 is 23.2 Å². The number of carbonyl (C=O) groups excluding carboxylic acids is 2. The molecule has 0 bridgehead atoms. The summed E-state index contributed by atoms with van der Waals surface area (Å²) in [7, 11) is 0. The Balaban J connectivity index is 2.01. The molecule has 146 valence electrons. The van der Waals surface area contributed by atoms with Gasteiger partial charge < -0.3 is 14.9 Å². The van der Waals surface area contributed by atoms with Crippen LogP contribution in [0.2, 0.25) is 10.0 Å². The third kappa shape index (κ3) is 2.28. The summed E-state index contributed by atoms with van der Waals surface area (Å²) >= 11 is 12.2. The first kappa shape index (κ1) is 19.4. The fraction of sp³-hybridized carbons (Fsp3) is 0.333. The van der Waals surface area contributed by atoms with Crippen LogP contribution in [0.4, 0.5) is 0 Å². The lowest BCUT2D eigenvalue weighted by Gasteiger charge is -2.36. The van der Waals surface area contributed by atoms with Crippen LogP contribution in [0.25, 0.3) is 0 Å². The Morgan fingerprint density at radius 2 is 1.61 bits per heavy atom. The highest BCUT2D eigenvalue weighted by Gasteiger charge is 2.73. The Kier molecular flexibility index (Phi) is 4.02. The highest BCUT2D eigenvalue weighted by molar-refractivity contribution is 6.31. The second-order valence-electron chi connectivity index (χ2n) is 8.26. The van der Waals surface area contributed by atoms with Gasteiger partial charge in [-0.3, -0.25) is 9.59 Å². The van der Waals surface area contributed by atoms with E-state index in [-0.39, 0.29) is 26.7 Å². The van der Waals surface area contributed by atoms with Crippen LogP contribution in [0.1, 0.15) is 53.9 Å². The van der Waals surface area contributed by atoms with Crippen molar-refractivity contribution in [1.82, 2.24) is 0 Å². The lowest BCUT2D eigenvalue weighted by molar-refractivity contribution is -0.201. The number of carbonyl (C=O) groups is 2. The average Bonchev–Trinajstić information content (AvgIpc) is 2.90. The molecule has 2 aromatic carbocycles. The standard InChI is InChI=1S/C21H18Cl2O5/c1-19(2,3)18(25)28-17-13-7-5-11(23)9-15(13)20(26)16(24)12-6-4-10(22)8-14(12)21(17,20)27/h4-9,17,26-27H,1-3H3/t17-,20-,21-/m1/s1. The van der Waals surface area contributed by atoms with E-state index < -0.39 is 34.5 Å². The van der Waals surface area contributed by atoms with E-state index >= 15 is 0 Å². The number of aliphatic hydroxyl groups is 2. The zero-order valence-corrected chi connectivity index (χ0v) is 16.9. The Morgan fingerprint density at radius 3 is 2.21 bits per heavy atom. The molecule has 0 spiro atoms. The van der Waals surface area contributed by atoms with Gasteiger partial charge in [-0.25, -0.2) is 0 Å². The SMILES string of the molecule is CC(C)(C)C(=O)O[C@@H]1c2ccc(Cl)cc2[C@@]2(O)C(=O)c3ccc(Cl)cc3[C@@]12O. The van der Waals surface area contributed by atoms with Crippen molar-refractivity contribution in [1.29, 1.82) is 0 Å². The molecule has 0 radical (unpaired) electrons. The summed E-state index contributed by atoms with van der Waals surface area (Å²) in [5, 5.41) is 23.9. The minimum Gasteiger partial charge on any atom is -0.453 e. The first-order valence-electron chi connectivity index (χ1n) is 8.73. The highest BCUT2D eigenvalue weighted by atomic mass is 35.5. The molecule has 0 aliphatic heterocycles. The number of ether oxygens (including phenoxy) is 1. The molecule has 0 unspecified atom stereocenters. The summed E-state index contributed by atoms with van der Waals surface area (Å²) in [4.78, 5) is 25.8. The summed E-state index contributed by atoms with van der Waals surface area (Å²) in [6, 6.07) is 8.87. The van der Waals surface area contributed by atoms with Gasteiger partial charge in [0.15, 0.2) is 17.3 Å². The number of hydrogen-bond acceptors (Lipinski definition) is 5. The molecule has 0 heterocycles. The molecule has 2 aliphatic rings. The van der Waals surface area contributed by atoms with E-state index in [9.17, 15) is 19.8 Å². The van der Waals surface area contributed by atoms with Gasteiger partial charge in [0.1, 0.15) is 0 Å². The van der Waals surface area contributed by atoms with Gasteiger partial charge in [0.25, 0.3) is 0 Å². The Labute approximate surface area is 171 Å². The normalized spacial score (nSPS) is 28.0. The zero-order chi connectivity index (χ0) is 20.6. The molecule has 0 saturated heterocycles. The number of Topliss-reactive ketones (excluding diaryl/α,β-unsaturated/α-hetero) is 1. The molecule has 5 nitrogen and oxygen atoms in total. The zero-order valence-electron chi connectivity index (χ0n) is 15.4. The number of benzene rings is 2. The minimum absolute atomic E-state index is 0.117. The number of ketones is 1. The van der Waals surface area contributed by atoms with Crippen LogP contribution < -0.4 is 0 Å². The van der Waals surface area contributed by atoms with Crippen molar-refractivity contribution < 1.29 is 24.5 Å². The van der Waals surface area contributed by atoms with E-state index in [1.807, 2.05) is 0 Å². The van der Waals surface area contributed by atoms with Gasteiger partial charge in [0.05, 0.1) is 5.41 Å². The van der Waals surface area contributed by atoms with Gasteiger partial charge in [0, 0.05) is 32.3 Å². The smallest absolute Gasteiger partial charge is 0.311 e. The molecule has 4 rings (SSSR count). The van der Waals surface area contributed by atoms with Crippen molar-refractivity contribution in [2.24, 2.45) is 5.41 Å². The Bertz CT molecular complexity index is 1040. The predicted octanol–water partition coefficient (Wildman–Crippen LogP) is 3.91. The van der Waals surface area contributed by atoms with Crippen LogP contribution in [0, 0.1) is 5.41 Å². The van der Waals surface area contributed by atoms with Crippen molar-refractivity contribution in [3.8, 4) is 0 Å². The van der Waals surface area contributed by atoms with Crippen LogP contribution in [0.15, 0.2) is 36.4 Å². The molecule has 2 N–H and O–H groups in total. The minimum atomic E-state index is -2.34. The topological polar surface area (TPSA) is 83.8 Å². The second-order valence-corrected chi connectivity index (χ2v) is 9.14. The van der Waals surface area contributed by atoms with E-state index in [0.29, 0.717) is 5.56 Å². The number of rotatable bonds is 1. The summed E-state index contributed by atoms with van der Waals surface area (Å²) in [6.45, 7) is 5.02. The van der Waals surface area contributed by atoms with E-state index in [0.717, 1.165) is 0 Å². The molecule has 3 atom stereocenters. The fourth-order valence-electron chi connectivity index (χ4n) is 3.98. The third-order valence-electron chi connectivity index (χ3n) is 5.42. The highest BCUT2D eigenvalue weighted by Crippen LogP contribution is 2.63. The number of esters is 1. The first-order chi connectivity index (χ1) is 12.9. The van der Waals surface area contributed by atoms with Gasteiger partial charge in [-0.2, -0.15) is 0 Å². The van der Waals surface area contributed by atoms with Gasteiger partial charge >= 0.3 is 5.97 Å². The Hall–Kier alpha value is -1.92. The van der Waals surface area contributed by atoms with Crippen molar-refractivity contribution >= 4 is 35.0 Å². The maximum Gasteiger partial charge on any atom is 0.311 e. The van der Waals surface area contributed by atoms with Crippen molar-refractivity contribution in [2.75, 3.05) is 0 Å². The van der Waals surface area contributed by atoms with E-state index in [4.69, 9.17) is 27.9 Å². The van der Waals surface area contributed by atoms with Gasteiger partial charge in [-0.15, -0.1) is 0 Å². The average molecular weight is 421 g/mol. The number of hydrogen-bond donors (Lipinski definition) is 2. The fourth-order valence-corrected chi connectivity index (χ4v) is 4.32. The van der Waals surface area contributed by atoms with Crippen molar-refractivity contribution in [3.63, 3.8) is 0 Å². The molecule has 0 saturated carbocycles. The largest absolute Gasteiger partial charge is 0.453 e. The Morgan fingerprint density at radius 1 is 1.04 bits per heavy atom. The maximum absolute atomic E-state index is 13.2. The van der Waals surface area contributed by atoms with Crippen LogP contribution in [-0.2, 0) is 20.7 Å². The van der Waals surface area contributed by atoms with Crippen molar-refractivity contribution in [3.05, 3.63) is 68.7 Å². The van der Waals surface area contributed by atoms with Gasteiger partial charge in [-0.1, -0.05) is 29.3 Å². The maximum atomic E-state index is 13.2. The number of halogens is 2. The summed E-state index contributed by atoms with van der Waals surface area (Å²) < 4.78 is 5.68. The molecule has 0 fully saturated rings. The molecule has 2 aliphatic carbocycles. The summed E-state index contributed by atoms with van der Waals surface area (Å²) in [6.07, 6.45) is -1.31. The molecule has 0 aromatic heterocycles. The van der Waals surface area contributed by atoms with Gasteiger partial charge in [0.2, 0.25) is 5.78 Å². The van der Waals surface area contributed by atoms with E-state index in [1.165, 1.54) is 24.3 Å². The molecular weight excluding hydrogens is 403 g/mol. The van der Waals surface area contributed by atoms with Gasteiger partial charge in [-0.05, 0) is 51.1 Å². The quantitative estimate of drug-likeness (QED) is 0.683. The molecule has 7 heteroatoms. The summed E-state index contributed by atoms with van der Waals surface area (Å²) in [5.74, 6) is -1.28. The third-order valence-corrected chi connectivity index (χ3v) is 5.89. The molecule has 0 amide bonds. The molecular formula is C21H18Cl2O5. The van der Waals surface area contributed by atoms with Crippen LogP contribution in [-0.4, -0.2) is 22.0 Å². The monoisotopic (exact) mass is 420 g/mol. The second kappa shape index (κ2) is 5.80. The lowest BCUT2D eigenvalue weighted by Crippen LogP contribution is -2.49.